The van der Waals surface area contributed by atoms with Crippen molar-refractivity contribution in [2.24, 2.45) is 10.3 Å². The predicted molar refractivity (Wildman–Crippen MR) is 88.2 cm³/mol. The third-order valence-corrected chi connectivity index (χ3v) is 4.90. The molecule has 0 aromatic heterocycles. The predicted octanol–water partition coefficient (Wildman–Crippen LogP) is -0.599. The quantitative estimate of drug-likeness (QED) is 0.660. The van der Waals surface area contributed by atoms with E-state index in [0.717, 1.165) is 5.56 Å². The maximum atomic E-state index is 12.3. The van der Waals surface area contributed by atoms with E-state index in [9.17, 15) is 20.1 Å². The number of aliphatic hydroxyl groups is 3. The molecular weight excluding hydrogens is 340 g/mol. The van der Waals surface area contributed by atoms with Crippen molar-refractivity contribution in [1.29, 1.82) is 0 Å². The van der Waals surface area contributed by atoms with Gasteiger partial charge in [-0.2, -0.15) is 0 Å². The zero-order valence-corrected chi connectivity index (χ0v) is 13.9. The zero-order valence-electron chi connectivity index (χ0n) is 13.9. The lowest BCUT2D eigenvalue weighted by Gasteiger charge is -2.36. The molecule has 4 rings (SSSR count). The first-order valence-electron chi connectivity index (χ1n) is 8.44. The molecule has 0 saturated carbocycles. The Kier molecular flexibility index (Phi) is 4.45. The highest BCUT2D eigenvalue weighted by Crippen LogP contribution is 2.33. The minimum absolute atomic E-state index is 0.169. The molecule has 1 aromatic carbocycles. The minimum Gasteiger partial charge on any atom is -0.394 e. The number of carbonyl (C=O) groups excluding carboxylic acids is 1. The van der Waals surface area contributed by atoms with Crippen LogP contribution in [-0.4, -0.2) is 74.5 Å². The number of carbonyl (C=O) groups is 1. The Morgan fingerprint density at radius 2 is 1.92 bits per heavy atom. The molecule has 0 bridgehead atoms. The normalized spacial score (nSPS) is 36.0. The molecule has 0 spiro atoms. The molecular formula is C17H20N4O5. The molecule has 9 nitrogen and oxygen atoms in total. The third kappa shape index (κ3) is 2.78. The van der Waals surface area contributed by atoms with Crippen molar-refractivity contribution in [1.82, 2.24) is 9.91 Å². The van der Waals surface area contributed by atoms with Crippen LogP contribution in [0.25, 0.3) is 0 Å². The summed E-state index contributed by atoms with van der Waals surface area (Å²) in [5, 5.41) is 39.1. The van der Waals surface area contributed by atoms with Crippen molar-refractivity contribution in [2.75, 3.05) is 6.61 Å². The van der Waals surface area contributed by atoms with Gasteiger partial charge < -0.3 is 25.0 Å². The van der Waals surface area contributed by atoms with Crippen molar-refractivity contribution >= 4 is 5.91 Å². The molecule has 1 saturated heterocycles. The molecule has 26 heavy (non-hydrogen) atoms. The summed E-state index contributed by atoms with van der Waals surface area (Å²) in [5.41, 5.74) is 0.969. The van der Waals surface area contributed by atoms with E-state index in [2.05, 4.69) is 10.3 Å². The second-order valence-electron chi connectivity index (χ2n) is 6.53. The van der Waals surface area contributed by atoms with E-state index in [1.165, 1.54) is 11.1 Å². The molecule has 1 fully saturated rings. The van der Waals surface area contributed by atoms with Gasteiger partial charge in [0, 0.05) is 12.6 Å². The molecule has 1 aromatic rings. The Balaban J connectivity index is 1.54. The molecule has 3 N–H and O–H groups in total. The van der Waals surface area contributed by atoms with Crippen molar-refractivity contribution in [3.63, 3.8) is 0 Å². The summed E-state index contributed by atoms with van der Waals surface area (Å²) >= 11 is 0. The molecule has 3 aliphatic heterocycles. The fraction of sp³-hybridized carbons (Fsp3) is 0.471. The maximum Gasteiger partial charge on any atom is 0.248 e. The number of amides is 1. The number of hydrogen-bond acceptors (Lipinski definition) is 8. The molecule has 0 unspecified atom stereocenters. The highest BCUT2D eigenvalue weighted by molar-refractivity contribution is 5.89. The second-order valence-corrected chi connectivity index (χ2v) is 6.53. The Labute approximate surface area is 149 Å². The second kappa shape index (κ2) is 6.76. The lowest BCUT2D eigenvalue weighted by molar-refractivity contribution is -0.133. The largest absolute Gasteiger partial charge is 0.394 e. The van der Waals surface area contributed by atoms with Crippen LogP contribution in [0, 0.1) is 0 Å². The SMILES string of the molecule is O=C1C=C[C@H]2[C@@H](N=NN2[C@H]2O[C@@H](CO)[C@@H](O)[C@H]2O)N1Cc1ccccc1. The first kappa shape index (κ1) is 17.1. The average Bonchev–Trinajstić information content (AvgIpc) is 3.20. The Morgan fingerprint density at radius 1 is 1.15 bits per heavy atom. The summed E-state index contributed by atoms with van der Waals surface area (Å²) < 4.78 is 5.53. The van der Waals surface area contributed by atoms with Crippen molar-refractivity contribution in [3.8, 4) is 0 Å². The van der Waals surface area contributed by atoms with Crippen LogP contribution in [0.15, 0.2) is 52.8 Å². The Hall–Kier alpha value is -2.33. The molecule has 3 heterocycles. The molecule has 6 atom stereocenters. The summed E-state index contributed by atoms with van der Waals surface area (Å²) in [7, 11) is 0. The van der Waals surface area contributed by atoms with Crippen molar-refractivity contribution < 1.29 is 24.9 Å². The molecule has 138 valence electrons. The van der Waals surface area contributed by atoms with Gasteiger partial charge in [-0.3, -0.25) is 4.79 Å². The number of ether oxygens (including phenoxy) is 1. The van der Waals surface area contributed by atoms with Crippen LogP contribution in [-0.2, 0) is 16.1 Å². The summed E-state index contributed by atoms with van der Waals surface area (Å²) in [4.78, 5) is 14.0. The van der Waals surface area contributed by atoms with E-state index < -0.39 is 43.4 Å². The topological polar surface area (TPSA) is 118 Å². The number of benzene rings is 1. The first-order chi connectivity index (χ1) is 12.6. The monoisotopic (exact) mass is 360 g/mol. The zero-order chi connectivity index (χ0) is 18.3. The van der Waals surface area contributed by atoms with Gasteiger partial charge in [0.2, 0.25) is 5.91 Å². The molecule has 1 amide bonds. The highest BCUT2D eigenvalue weighted by atomic mass is 16.6. The van der Waals surface area contributed by atoms with Crippen molar-refractivity contribution in [3.05, 3.63) is 48.0 Å². The fourth-order valence-corrected chi connectivity index (χ4v) is 3.49. The van der Waals surface area contributed by atoms with Crippen LogP contribution >= 0.6 is 0 Å². The van der Waals surface area contributed by atoms with E-state index in [4.69, 9.17) is 4.74 Å². The van der Waals surface area contributed by atoms with E-state index in [1.54, 1.807) is 11.0 Å². The number of rotatable bonds is 4. The van der Waals surface area contributed by atoms with Crippen LogP contribution < -0.4 is 0 Å². The van der Waals surface area contributed by atoms with Gasteiger partial charge in [-0.25, -0.2) is 5.01 Å². The van der Waals surface area contributed by atoms with E-state index in [-0.39, 0.29) is 5.91 Å². The van der Waals surface area contributed by atoms with Crippen LogP contribution in [0.2, 0.25) is 0 Å². The van der Waals surface area contributed by atoms with E-state index in [1.807, 2.05) is 30.3 Å². The summed E-state index contributed by atoms with van der Waals surface area (Å²) in [6, 6.07) is 9.15. The van der Waals surface area contributed by atoms with Crippen LogP contribution in [0.5, 0.6) is 0 Å². The average molecular weight is 360 g/mol. The maximum absolute atomic E-state index is 12.3. The van der Waals surface area contributed by atoms with Crippen LogP contribution in [0.1, 0.15) is 5.56 Å². The van der Waals surface area contributed by atoms with Gasteiger partial charge in [0.15, 0.2) is 12.4 Å². The smallest absolute Gasteiger partial charge is 0.248 e. The molecule has 0 aliphatic carbocycles. The Morgan fingerprint density at radius 3 is 2.62 bits per heavy atom. The van der Waals surface area contributed by atoms with Gasteiger partial charge in [0.05, 0.1) is 6.61 Å². The van der Waals surface area contributed by atoms with E-state index in [0.29, 0.717) is 6.54 Å². The number of hydrogen-bond donors (Lipinski definition) is 3. The summed E-state index contributed by atoms with van der Waals surface area (Å²) in [6.07, 6.45) is -1.71. The third-order valence-electron chi connectivity index (χ3n) is 4.90. The van der Waals surface area contributed by atoms with Crippen LogP contribution in [0.3, 0.4) is 0 Å². The number of fused-ring (bicyclic) bond motifs is 1. The number of aliphatic hydroxyl groups excluding tert-OH is 3. The van der Waals surface area contributed by atoms with Gasteiger partial charge in [-0.15, -0.1) is 5.11 Å². The Bertz CT molecular complexity index is 727. The summed E-state index contributed by atoms with van der Waals surface area (Å²) in [5.74, 6) is -0.169. The lowest BCUT2D eigenvalue weighted by atomic mass is 10.1. The molecule has 0 radical (unpaired) electrons. The van der Waals surface area contributed by atoms with Gasteiger partial charge >= 0.3 is 0 Å². The van der Waals surface area contributed by atoms with Gasteiger partial charge in [-0.1, -0.05) is 41.6 Å². The minimum atomic E-state index is -1.24. The standard InChI is InChI=1S/C17H20N4O5/c22-9-12-14(24)15(25)17(26-12)21-11-6-7-13(23)20(16(11)18-19-21)8-10-4-2-1-3-5-10/h1-7,11-12,14-17,22,24-25H,8-9H2/t11-,12-,14+,15+,16-,17-/m0/s1. The van der Waals surface area contributed by atoms with Crippen LogP contribution in [0.4, 0.5) is 0 Å². The first-order valence-corrected chi connectivity index (χ1v) is 8.44. The summed E-state index contributed by atoms with van der Waals surface area (Å²) in [6.45, 7) is -0.0315. The number of nitrogens with zero attached hydrogens (tertiary/aromatic N) is 4. The van der Waals surface area contributed by atoms with Gasteiger partial charge in [-0.05, 0) is 5.56 Å². The lowest BCUT2D eigenvalue weighted by Crippen LogP contribution is -2.53. The van der Waals surface area contributed by atoms with Gasteiger partial charge in [0.25, 0.3) is 0 Å². The van der Waals surface area contributed by atoms with Gasteiger partial charge in [0.1, 0.15) is 24.4 Å². The fourth-order valence-electron chi connectivity index (χ4n) is 3.49. The molecule has 9 heteroatoms. The molecule has 3 aliphatic rings. The van der Waals surface area contributed by atoms with Crippen molar-refractivity contribution in [2.45, 2.75) is 43.3 Å². The van der Waals surface area contributed by atoms with E-state index >= 15 is 0 Å². The highest BCUT2D eigenvalue weighted by Gasteiger charge is 2.51.